The largest absolute Gasteiger partial charge is 0.283 e. The maximum absolute atomic E-state index is 4.29. The van der Waals surface area contributed by atoms with Crippen LogP contribution in [-0.4, -0.2) is 14.6 Å². The molecule has 0 bridgehead atoms. The maximum atomic E-state index is 4.29. The molecule has 2 aromatic rings. The van der Waals surface area contributed by atoms with Crippen LogP contribution >= 0.6 is 0 Å². The summed E-state index contributed by atoms with van der Waals surface area (Å²) in [5.41, 5.74) is 2.21. The minimum absolute atomic E-state index is 0.645. The average Bonchev–Trinajstić information content (AvgIpc) is 2.47. The van der Waals surface area contributed by atoms with Crippen LogP contribution in [0.4, 0.5) is 0 Å². The first kappa shape index (κ1) is 7.97. The van der Waals surface area contributed by atoms with Gasteiger partial charge in [0, 0.05) is 11.6 Å². The predicted octanol–water partition coefficient (Wildman–Crippen LogP) is 2.31. The molecule has 0 atom stereocenters. The van der Waals surface area contributed by atoms with E-state index in [0.717, 1.165) is 11.5 Å². The second-order valence-electron chi connectivity index (χ2n) is 4.05. The first-order valence-corrected chi connectivity index (χ1v) is 5.17. The van der Waals surface area contributed by atoms with Gasteiger partial charge in [-0.2, -0.15) is 0 Å². The molecule has 0 unspecified atom stereocenters. The van der Waals surface area contributed by atoms with Crippen LogP contribution < -0.4 is 0 Å². The fourth-order valence-corrected chi connectivity index (χ4v) is 2.06. The number of hydrogen-bond acceptors (Lipinski definition) is 2. The summed E-state index contributed by atoms with van der Waals surface area (Å²) in [5.74, 6) is 1.80. The molecule has 0 aromatic carbocycles. The van der Waals surface area contributed by atoms with Gasteiger partial charge in [0.25, 0.3) is 0 Å². The van der Waals surface area contributed by atoms with Crippen LogP contribution in [0, 0.1) is 6.92 Å². The summed E-state index contributed by atoms with van der Waals surface area (Å²) in [6.45, 7) is 2.11. The van der Waals surface area contributed by atoms with Crippen LogP contribution in [0.2, 0.25) is 0 Å². The zero-order chi connectivity index (χ0) is 9.54. The molecule has 0 radical (unpaired) electrons. The van der Waals surface area contributed by atoms with Gasteiger partial charge < -0.3 is 0 Å². The summed E-state index contributed by atoms with van der Waals surface area (Å²) < 4.78 is 2.18. The Morgan fingerprint density at radius 2 is 2.14 bits per heavy atom. The average molecular weight is 187 g/mol. The fourth-order valence-electron chi connectivity index (χ4n) is 2.06. The summed E-state index contributed by atoms with van der Waals surface area (Å²) in [4.78, 5) is 0. The number of aromatic nitrogens is 3. The van der Waals surface area contributed by atoms with E-state index >= 15 is 0 Å². The Kier molecular flexibility index (Phi) is 1.60. The highest BCUT2D eigenvalue weighted by atomic mass is 15.3. The lowest BCUT2D eigenvalue weighted by molar-refractivity contribution is 0.398. The molecule has 1 aliphatic rings. The van der Waals surface area contributed by atoms with Crippen LogP contribution in [0.5, 0.6) is 0 Å². The zero-order valence-corrected chi connectivity index (χ0v) is 8.27. The lowest BCUT2D eigenvalue weighted by Crippen LogP contribution is -2.13. The van der Waals surface area contributed by atoms with E-state index in [2.05, 4.69) is 27.6 Å². The second-order valence-corrected chi connectivity index (χ2v) is 4.05. The molecular weight excluding hydrogens is 174 g/mol. The van der Waals surface area contributed by atoms with Gasteiger partial charge in [-0.25, -0.2) is 0 Å². The molecule has 14 heavy (non-hydrogen) atoms. The van der Waals surface area contributed by atoms with E-state index in [-0.39, 0.29) is 0 Å². The molecule has 3 nitrogen and oxygen atoms in total. The Balaban J connectivity index is 2.23. The Bertz CT molecular complexity index is 468. The smallest absolute Gasteiger partial charge is 0.160 e. The third-order valence-corrected chi connectivity index (χ3v) is 3.12. The van der Waals surface area contributed by atoms with Crippen molar-refractivity contribution in [1.82, 2.24) is 14.6 Å². The minimum atomic E-state index is 0.645. The summed E-state index contributed by atoms with van der Waals surface area (Å²) in [7, 11) is 0. The Labute approximate surface area is 82.8 Å². The Hall–Kier alpha value is -1.38. The molecule has 1 fully saturated rings. The number of fused-ring (bicyclic) bond motifs is 1. The van der Waals surface area contributed by atoms with E-state index in [0.29, 0.717) is 5.92 Å². The molecule has 0 aliphatic heterocycles. The molecule has 2 aromatic heterocycles. The van der Waals surface area contributed by atoms with E-state index in [1.54, 1.807) is 0 Å². The van der Waals surface area contributed by atoms with Crippen molar-refractivity contribution < 1.29 is 0 Å². The van der Waals surface area contributed by atoms with Crippen LogP contribution in [0.25, 0.3) is 5.65 Å². The van der Waals surface area contributed by atoms with E-state index in [4.69, 9.17) is 0 Å². The number of rotatable bonds is 1. The number of hydrogen-bond donors (Lipinski definition) is 0. The highest BCUT2D eigenvalue weighted by Gasteiger charge is 2.24. The van der Waals surface area contributed by atoms with Crippen LogP contribution in [0.15, 0.2) is 18.2 Å². The molecule has 1 aliphatic carbocycles. The summed E-state index contributed by atoms with van der Waals surface area (Å²) in [5, 5.41) is 8.49. The minimum Gasteiger partial charge on any atom is -0.283 e. The fraction of sp³-hybridized carbons (Fsp3) is 0.455. The van der Waals surface area contributed by atoms with Crippen molar-refractivity contribution in [2.45, 2.75) is 32.1 Å². The van der Waals surface area contributed by atoms with E-state index in [1.165, 1.54) is 25.0 Å². The molecule has 0 saturated heterocycles. The lowest BCUT2D eigenvalue weighted by Gasteiger charge is -2.23. The quantitative estimate of drug-likeness (QED) is 0.685. The zero-order valence-electron chi connectivity index (χ0n) is 8.27. The van der Waals surface area contributed by atoms with Crippen molar-refractivity contribution in [2.75, 3.05) is 0 Å². The molecule has 2 heterocycles. The monoisotopic (exact) mass is 187 g/mol. The molecule has 3 heteroatoms. The summed E-state index contributed by atoms with van der Waals surface area (Å²) in [6.07, 6.45) is 3.88. The molecule has 3 rings (SSSR count). The van der Waals surface area contributed by atoms with E-state index in [9.17, 15) is 0 Å². The summed E-state index contributed by atoms with van der Waals surface area (Å²) in [6, 6.07) is 6.16. The Morgan fingerprint density at radius 1 is 1.29 bits per heavy atom. The second kappa shape index (κ2) is 2.80. The summed E-state index contributed by atoms with van der Waals surface area (Å²) >= 11 is 0. The molecular formula is C11H13N3. The van der Waals surface area contributed by atoms with Gasteiger partial charge in [0.2, 0.25) is 0 Å². The van der Waals surface area contributed by atoms with Crippen LogP contribution in [0.1, 0.15) is 36.7 Å². The van der Waals surface area contributed by atoms with E-state index in [1.807, 2.05) is 12.1 Å². The van der Waals surface area contributed by atoms with Crippen LogP contribution in [-0.2, 0) is 0 Å². The highest BCUT2D eigenvalue weighted by Crippen LogP contribution is 2.35. The predicted molar refractivity (Wildman–Crippen MR) is 54.3 cm³/mol. The standard InChI is InChI=1S/C11H13N3/c1-8-4-2-7-10-12-13-11(14(8)10)9-5-3-6-9/h2,4,7,9H,3,5-6H2,1H3. The Morgan fingerprint density at radius 3 is 2.86 bits per heavy atom. The van der Waals surface area contributed by atoms with Crippen LogP contribution in [0.3, 0.4) is 0 Å². The van der Waals surface area contributed by atoms with Gasteiger partial charge in [-0.3, -0.25) is 4.40 Å². The third-order valence-electron chi connectivity index (χ3n) is 3.12. The number of pyridine rings is 1. The van der Waals surface area contributed by atoms with Gasteiger partial charge >= 0.3 is 0 Å². The van der Waals surface area contributed by atoms with Crippen molar-refractivity contribution in [3.63, 3.8) is 0 Å². The molecule has 0 spiro atoms. The maximum Gasteiger partial charge on any atom is 0.160 e. The van der Waals surface area contributed by atoms with Crippen molar-refractivity contribution in [3.8, 4) is 0 Å². The van der Waals surface area contributed by atoms with Gasteiger partial charge in [0.1, 0.15) is 5.82 Å². The van der Waals surface area contributed by atoms with Gasteiger partial charge in [-0.1, -0.05) is 12.5 Å². The molecule has 0 amide bonds. The van der Waals surface area contributed by atoms with Crippen molar-refractivity contribution in [2.24, 2.45) is 0 Å². The first-order valence-electron chi connectivity index (χ1n) is 5.17. The topological polar surface area (TPSA) is 30.2 Å². The van der Waals surface area contributed by atoms with Gasteiger partial charge in [-0.15, -0.1) is 10.2 Å². The third kappa shape index (κ3) is 0.983. The normalized spacial score (nSPS) is 17.2. The van der Waals surface area contributed by atoms with E-state index < -0.39 is 0 Å². The lowest BCUT2D eigenvalue weighted by atomic mass is 9.85. The van der Waals surface area contributed by atoms with Gasteiger partial charge in [-0.05, 0) is 31.9 Å². The highest BCUT2D eigenvalue weighted by molar-refractivity contribution is 5.40. The number of aryl methyl sites for hydroxylation is 1. The first-order chi connectivity index (χ1) is 6.86. The SMILES string of the molecule is Cc1cccc2nnc(C3CCC3)n12. The molecule has 72 valence electrons. The van der Waals surface area contributed by atoms with Gasteiger partial charge in [0.15, 0.2) is 5.65 Å². The molecule has 0 N–H and O–H groups in total. The van der Waals surface area contributed by atoms with Crippen molar-refractivity contribution >= 4 is 5.65 Å². The van der Waals surface area contributed by atoms with Crippen molar-refractivity contribution in [3.05, 3.63) is 29.7 Å². The molecule has 1 saturated carbocycles. The number of nitrogens with zero attached hydrogens (tertiary/aromatic N) is 3. The van der Waals surface area contributed by atoms with Gasteiger partial charge in [0.05, 0.1) is 0 Å². The van der Waals surface area contributed by atoms with Crippen molar-refractivity contribution in [1.29, 1.82) is 0 Å².